The van der Waals surface area contributed by atoms with Crippen molar-refractivity contribution in [1.29, 1.82) is 0 Å². The highest BCUT2D eigenvalue weighted by atomic mass is 28.4. The lowest BCUT2D eigenvalue weighted by atomic mass is 9.90. The zero-order valence-corrected chi connectivity index (χ0v) is 37.4. The van der Waals surface area contributed by atoms with Gasteiger partial charge in [0.1, 0.15) is 19.3 Å². The SMILES string of the molecule is CC(C)C[C@H](NC(=O)[C@H](CC(=O)O)CC(O[Si](c1ccccc1)(c1ccccc1)C(C)(C)C)[C@H](Cc1ccccc1)NC(=O)OCc1ccccc1)C(=O)OCc1ccccc1. The molecule has 62 heavy (non-hydrogen) atoms. The summed E-state index contributed by atoms with van der Waals surface area (Å²) in [6.07, 6.45) is -1.78. The topological polar surface area (TPSA) is 140 Å². The molecule has 10 nitrogen and oxygen atoms in total. The molecule has 0 aromatic heterocycles. The van der Waals surface area contributed by atoms with Crippen molar-refractivity contribution in [2.75, 3.05) is 0 Å². The van der Waals surface area contributed by atoms with Gasteiger partial charge in [0.2, 0.25) is 5.91 Å². The number of carboxylic acids is 1. The molecular formula is C51H60N2O8Si. The molecule has 0 fully saturated rings. The van der Waals surface area contributed by atoms with Crippen LogP contribution in [-0.4, -0.2) is 55.6 Å². The van der Waals surface area contributed by atoms with Crippen molar-refractivity contribution in [1.82, 2.24) is 10.6 Å². The second-order valence-corrected chi connectivity index (χ2v) is 21.4. The Morgan fingerprint density at radius 2 is 1.06 bits per heavy atom. The first-order chi connectivity index (χ1) is 29.7. The third kappa shape index (κ3) is 13.5. The van der Waals surface area contributed by atoms with Crippen LogP contribution in [0.3, 0.4) is 0 Å². The molecule has 3 N–H and O–H groups in total. The van der Waals surface area contributed by atoms with Gasteiger partial charge in [0.25, 0.3) is 8.32 Å². The van der Waals surface area contributed by atoms with Crippen LogP contribution >= 0.6 is 0 Å². The highest BCUT2D eigenvalue weighted by Gasteiger charge is 2.53. The van der Waals surface area contributed by atoms with Gasteiger partial charge in [-0.25, -0.2) is 9.59 Å². The molecule has 5 aromatic rings. The van der Waals surface area contributed by atoms with Gasteiger partial charge in [-0.05, 0) is 57.3 Å². The summed E-state index contributed by atoms with van der Waals surface area (Å²) >= 11 is 0. The van der Waals surface area contributed by atoms with Crippen LogP contribution in [0.25, 0.3) is 0 Å². The molecule has 0 saturated heterocycles. The largest absolute Gasteiger partial charge is 0.481 e. The Morgan fingerprint density at radius 3 is 1.52 bits per heavy atom. The molecule has 4 atom stereocenters. The van der Waals surface area contributed by atoms with Crippen LogP contribution in [0.15, 0.2) is 152 Å². The van der Waals surface area contributed by atoms with E-state index < -0.39 is 67.8 Å². The summed E-state index contributed by atoms with van der Waals surface area (Å²) in [7, 11) is -3.42. The molecule has 0 aliphatic carbocycles. The number of nitrogens with one attached hydrogen (secondary N) is 2. The second-order valence-electron chi connectivity index (χ2n) is 17.1. The van der Waals surface area contributed by atoms with E-state index in [1.165, 1.54) is 0 Å². The van der Waals surface area contributed by atoms with E-state index in [0.717, 1.165) is 27.1 Å². The first-order valence-corrected chi connectivity index (χ1v) is 23.2. The highest BCUT2D eigenvalue weighted by Crippen LogP contribution is 2.39. The summed E-state index contributed by atoms with van der Waals surface area (Å²) in [5.74, 6) is -3.63. The van der Waals surface area contributed by atoms with Gasteiger partial charge in [-0.3, -0.25) is 9.59 Å². The Kier molecular flexibility index (Phi) is 17.2. The quantitative estimate of drug-likeness (QED) is 0.0496. The van der Waals surface area contributed by atoms with Crippen molar-refractivity contribution >= 4 is 42.6 Å². The summed E-state index contributed by atoms with van der Waals surface area (Å²) in [5.41, 5.74) is 2.48. The van der Waals surface area contributed by atoms with Crippen molar-refractivity contribution < 1.29 is 38.2 Å². The molecule has 0 bridgehead atoms. The van der Waals surface area contributed by atoms with E-state index in [4.69, 9.17) is 13.9 Å². The zero-order valence-electron chi connectivity index (χ0n) is 36.4. The molecule has 0 saturated carbocycles. The normalized spacial score (nSPS) is 13.6. The van der Waals surface area contributed by atoms with Gasteiger partial charge in [0.05, 0.1) is 24.5 Å². The number of benzene rings is 5. The average molecular weight is 857 g/mol. The Bertz CT molecular complexity index is 2110. The number of carbonyl (C=O) groups excluding carboxylic acids is 3. The lowest BCUT2D eigenvalue weighted by Crippen LogP contribution is -2.69. The average Bonchev–Trinajstić information content (AvgIpc) is 3.26. The van der Waals surface area contributed by atoms with Gasteiger partial charge in [-0.15, -0.1) is 0 Å². The van der Waals surface area contributed by atoms with Crippen LogP contribution in [0.2, 0.25) is 5.04 Å². The van der Waals surface area contributed by atoms with Crippen molar-refractivity contribution in [3.63, 3.8) is 0 Å². The van der Waals surface area contributed by atoms with E-state index >= 15 is 0 Å². The van der Waals surface area contributed by atoms with Crippen LogP contribution in [0.4, 0.5) is 4.79 Å². The predicted molar refractivity (Wildman–Crippen MR) is 244 cm³/mol. The molecule has 0 radical (unpaired) electrons. The summed E-state index contributed by atoms with van der Waals surface area (Å²) < 4.78 is 19.2. The second kappa shape index (κ2) is 22.7. The van der Waals surface area contributed by atoms with Crippen molar-refractivity contribution in [3.05, 3.63) is 168 Å². The number of esters is 1. The number of aliphatic carboxylic acids is 1. The number of hydrogen-bond acceptors (Lipinski definition) is 7. The maximum atomic E-state index is 14.6. The van der Waals surface area contributed by atoms with E-state index in [0.29, 0.717) is 0 Å². The lowest BCUT2D eigenvalue weighted by Gasteiger charge is -2.47. The fourth-order valence-corrected chi connectivity index (χ4v) is 12.6. The first-order valence-electron chi connectivity index (χ1n) is 21.3. The summed E-state index contributed by atoms with van der Waals surface area (Å²) in [6.45, 7) is 10.3. The molecule has 0 aliphatic rings. The molecule has 0 heterocycles. The minimum Gasteiger partial charge on any atom is -0.481 e. The van der Waals surface area contributed by atoms with Gasteiger partial charge in [-0.2, -0.15) is 0 Å². The lowest BCUT2D eigenvalue weighted by molar-refractivity contribution is -0.150. The van der Waals surface area contributed by atoms with Crippen LogP contribution in [0.5, 0.6) is 0 Å². The maximum Gasteiger partial charge on any atom is 0.407 e. The van der Waals surface area contributed by atoms with Gasteiger partial charge < -0.3 is 29.6 Å². The van der Waals surface area contributed by atoms with E-state index in [9.17, 15) is 24.3 Å². The molecule has 1 unspecified atom stereocenters. The minimum atomic E-state index is -3.42. The number of carbonyl (C=O) groups is 4. The fraction of sp³-hybridized carbons (Fsp3) is 0.333. The van der Waals surface area contributed by atoms with Crippen molar-refractivity contribution in [2.24, 2.45) is 11.8 Å². The first kappa shape index (κ1) is 47.0. The smallest absolute Gasteiger partial charge is 0.407 e. The van der Waals surface area contributed by atoms with Crippen LogP contribution in [0, 0.1) is 11.8 Å². The molecular weight excluding hydrogens is 797 g/mol. The number of carboxylic acid groups (broad SMARTS) is 1. The Balaban J connectivity index is 1.59. The Labute approximate surface area is 367 Å². The Hall–Kier alpha value is -6.04. The van der Waals surface area contributed by atoms with Gasteiger partial charge in [-0.1, -0.05) is 186 Å². The predicted octanol–water partition coefficient (Wildman–Crippen LogP) is 8.22. The number of ether oxygens (including phenoxy) is 2. The number of hydrogen-bond donors (Lipinski definition) is 3. The molecule has 11 heteroatoms. The van der Waals surface area contributed by atoms with Gasteiger partial charge >= 0.3 is 18.0 Å². The highest BCUT2D eigenvalue weighted by molar-refractivity contribution is 6.99. The van der Waals surface area contributed by atoms with Crippen molar-refractivity contribution in [3.8, 4) is 0 Å². The minimum absolute atomic E-state index is 0.00456. The van der Waals surface area contributed by atoms with E-state index in [1.54, 1.807) is 0 Å². The molecule has 0 aliphatic heterocycles. The Morgan fingerprint density at radius 1 is 0.613 bits per heavy atom. The van der Waals surface area contributed by atoms with E-state index in [-0.39, 0.29) is 38.4 Å². The van der Waals surface area contributed by atoms with Gasteiger partial charge in [0, 0.05) is 0 Å². The third-order valence-corrected chi connectivity index (χ3v) is 15.9. The summed E-state index contributed by atoms with van der Waals surface area (Å²) in [6, 6.07) is 46.3. The number of alkyl carbamates (subject to hydrolysis) is 1. The molecule has 5 aromatic carbocycles. The standard InChI is InChI=1S/C51H60N2O8Si/c1-37(2)31-45(49(57)59-35-39-23-13-7-14-24-39)52-48(56)41(34-47(54)55)33-46(61-62(51(3,4)5,42-27-17-9-18-28-42)43-29-19-10-20-30-43)44(32-38-21-11-6-12-22-38)53-50(58)60-36-40-25-15-8-16-26-40/h6-30,37,41,44-46H,31-36H2,1-5H3,(H,52,56)(H,53,58)(H,54,55)/t41-,44-,45-,46?/m0/s1. The monoisotopic (exact) mass is 856 g/mol. The van der Waals surface area contributed by atoms with Crippen LogP contribution in [-0.2, 0) is 47.9 Å². The molecule has 2 amide bonds. The van der Waals surface area contributed by atoms with E-state index in [1.807, 2.05) is 166 Å². The molecule has 0 spiro atoms. The van der Waals surface area contributed by atoms with E-state index in [2.05, 4.69) is 31.4 Å². The third-order valence-electron chi connectivity index (χ3n) is 10.8. The molecule has 5 rings (SSSR count). The summed E-state index contributed by atoms with van der Waals surface area (Å²) in [4.78, 5) is 54.9. The summed E-state index contributed by atoms with van der Waals surface area (Å²) in [5, 5.41) is 17.8. The van der Waals surface area contributed by atoms with Gasteiger partial charge in [0.15, 0.2) is 0 Å². The van der Waals surface area contributed by atoms with Crippen LogP contribution in [0.1, 0.15) is 70.6 Å². The zero-order chi connectivity index (χ0) is 44.5. The number of rotatable bonds is 21. The fourth-order valence-electron chi connectivity index (χ4n) is 7.85. The molecule has 326 valence electrons. The van der Waals surface area contributed by atoms with Crippen molar-refractivity contribution in [2.45, 2.75) is 96.7 Å². The maximum absolute atomic E-state index is 14.6. The van der Waals surface area contributed by atoms with Crippen LogP contribution < -0.4 is 21.0 Å². The number of amides is 2.